The molecule has 134 valence electrons. The van der Waals surface area contributed by atoms with Gasteiger partial charge in [-0.05, 0) is 26.2 Å². The number of nitrogens with zero attached hydrogens (tertiary/aromatic N) is 2. The van der Waals surface area contributed by atoms with Crippen molar-refractivity contribution >= 4 is 28.5 Å². The number of rotatable bonds is 2. The van der Waals surface area contributed by atoms with Crippen LogP contribution < -0.4 is 5.32 Å². The number of thiazole rings is 1. The van der Waals surface area contributed by atoms with Crippen molar-refractivity contribution in [2.24, 2.45) is 5.41 Å². The zero-order chi connectivity index (χ0) is 18.1. The average Bonchev–Trinajstić information content (AvgIpc) is 2.74. The molecule has 0 atom stereocenters. The molecule has 2 amide bonds. The van der Waals surface area contributed by atoms with Gasteiger partial charge in [0.2, 0.25) is 5.91 Å². The number of aromatic nitrogens is 1. The highest BCUT2D eigenvalue weighted by molar-refractivity contribution is 7.15. The van der Waals surface area contributed by atoms with Crippen molar-refractivity contribution in [2.45, 2.75) is 66.5 Å². The molecular weight excluding hydrogens is 326 g/mol. The van der Waals surface area contributed by atoms with E-state index in [-0.39, 0.29) is 17.4 Å². The fraction of sp³-hybridized carbons (Fsp3) is 0.706. The van der Waals surface area contributed by atoms with Gasteiger partial charge in [-0.2, -0.15) is 0 Å². The van der Waals surface area contributed by atoms with E-state index in [4.69, 9.17) is 4.74 Å². The zero-order valence-electron chi connectivity index (χ0n) is 15.4. The standard InChI is InChI=1S/C17H27N3O3S/c1-16(2,3)9-13(21)19-14-18-11-7-8-20(10-12(11)24-14)15(22)23-17(4,5)6/h7-10H2,1-6H3,(H,18,19,21). The molecule has 1 aromatic rings. The van der Waals surface area contributed by atoms with E-state index in [1.165, 1.54) is 11.3 Å². The van der Waals surface area contributed by atoms with E-state index >= 15 is 0 Å². The summed E-state index contributed by atoms with van der Waals surface area (Å²) in [6.07, 6.45) is 0.821. The third kappa shape index (κ3) is 5.47. The molecule has 1 aliphatic rings. The maximum atomic E-state index is 12.2. The molecule has 1 aromatic heterocycles. The number of hydrogen-bond acceptors (Lipinski definition) is 5. The Balaban J connectivity index is 1.99. The van der Waals surface area contributed by atoms with Gasteiger partial charge in [-0.3, -0.25) is 4.79 Å². The lowest BCUT2D eigenvalue weighted by atomic mass is 9.92. The summed E-state index contributed by atoms with van der Waals surface area (Å²) in [5.41, 5.74) is 0.400. The van der Waals surface area contributed by atoms with Crippen LogP contribution in [0.5, 0.6) is 0 Å². The van der Waals surface area contributed by atoms with Crippen LogP contribution in [-0.2, 0) is 22.5 Å². The van der Waals surface area contributed by atoms with Gasteiger partial charge in [-0.1, -0.05) is 32.1 Å². The molecule has 2 heterocycles. The predicted octanol–water partition coefficient (Wildman–Crippen LogP) is 3.81. The van der Waals surface area contributed by atoms with Crippen LogP contribution in [0.4, 0.5) is 9.93 Å². The number of carbonyl (C=O) groups is 2. The zero-order valence-corrected chi connectivity index (χ0v) is 16.2. The first kappa shape index (κ1) is 18.7. The van der Waals surface area contributed by atoms with Gasteiger partial charge in [0.05, 0.1) is 12.2 Å². The quantitative estimate of drug-likeness (QED) is 0.877. The Morgan fingerprint density at radius 1 is 1.25 bits per heavy atom. The minimum absolute atomic E-state index is 0.0300. The monoisotopic (exact) mass is 353 g/mol. The van der Waals surface area contributed by atoms with E-state index < -0.39 is 5.60 Å². The number of hydrogen-bond donors (Lipinski definition) is 1. The van der Waals surface area contributed by atoms with E-state index in [2.05, 4.69) is 10.3 Å². The summed E-state index contributed by atoms with van der Waals surface area (Å²) in [5, 5.41) is 3.48. The lowest BCUT2D eigenvalue weighted by Gasteiger charge is -2.29. The summed E-state index contributed by atoms with van der Waals surface area (Å²) in [4.78, 5) is 31.4. The Morgan fingerprint density at radius 3 is 2.50 bits per heavy atom. The van der Waals surface area contributed by atoms with Crippen LogP contribution in [0, 0.1) is 5.41 Å². The fourth-order valence-corrected chi connectivity index (χ4v) is 3.42. The first-order valence-corrected chi connectivity index (χ1v) is 9.01. The topological polar surface area (TPSA) is 71.5 Å². The maximum absolute atomic E-state index is 12.2. The Morgan fingerprint density at radius 2 is 1.92 bits per heavy atom. The maximum Gasteiger partial charge on any atom is 0.410 e. The van der Waals surface area contributed by atoms with Crippen molar-refractivity contribution < 1.29 is 14.3 Å². The summed E-state index contributed by atoms with van der Waals surface area (Å²) >= 11 is 1.44. The molecule has 7 heteroatoms. The van der Waals surface area contributed by atoms with Crippen molar-refractivity contribution in [3.63, 3.8) is 0 Å². The first-order valence-electron chi connectivity index (χ1n) is 8.19. The van der Waals surface area contributed by atoms with Crippen LogP contribution in [-0.4, -0.2) is 34.0 Å². The Hall–Kier alpha value is -1.63. The summed E-state index contributed by atoms with van der Waals surface area (Å²) in [6.45, 7) is 12.7. The third-order valence-corrected chi connectivity index (χ3v) is 4.32. The second kappa shape index (κ2) is 6.70. The molecule has 0 spiro atoms. The second-order valence-corrected chi connectivity index (χ2v) is 9.41. The molecule has 0 saturated carbocycles. The summed E-state index contributed by atoms with van der Waals surface area (Å²) in [5.74, 6) is -0.0300. The minimum atomic E-state index is -0.503. The van der Waals surface area contributed by atoms with E-state index in [0.29, 0.717) is 31.1 Å². The summed E-state index contributed by atoms with van der Waals surface area (Å²) in [7, 11) is 0. The van der Waals surface area contributed by atoms with Gasteiger partial charge in [0.25, 0.3) is 0 Å². The molecular formula is C17H27N3O3S. The lowest BCUT2D eigenvalue weighted by molar-refractivity contribution is -0.117. The fourth-order valence-electron chi connectivity index (χ4n) is 2.38. The van der Waals surface area contributed by atoms with Crippen LogP contribution in [0.2, 0.25) is 0 Å². The summed E-state index contributed by atoms with van der Waals surface area (Å²) < 4.78 is 5.42. The molecule has 0 aromatic carbocycles. The Bertz CT molecular complexity index is 626. The molecule has 0 fully saturated rings. The van der Waals surface area contributed by atoms with Crippen LogP contribution in [0.25, 0.3) is 0 Å². The molecule has 0 bridgehead atoms. The van der Waals surface area contributed by atoms with Crippen LogP contribution in [0.15, 0.2) is 0 Å². The molecule has 1 aliphatic heterocycles. The van der Waals surface area contributed by atoms with Crippen LogP contribution in [0.1, 0.15) is 58.5 Å². The highest BCUT2D eigenvalue weighted by Gasteiger charge is 2.28. The van der Waals surface area contributed by atoms with Crippen LogP contribution >= 0.6 is 11.3 Å². The largest absolute Gasteiger partial charge is 0.444 e. The number of carbonyl (C=O) groups excluding carboxylic acids is 2. The molecule has 0 radical (unpaired) electrons. The molecule has 0 unspecified atom stereocenters. The van der Waals surface area contributed by atoms with Gasteiger partial charge in [0, 0.05) is 24.3 Å². The van der Waals surface area contributed by atoms with E-state index in [0.717, 1.165) is 10.6 Å². The number of fused-ring (bicyclic) bond motifs is 1. The van der Waals surface area contributed by atoms with Crippen molar-refractivity contribution in [2.75, 3.05) is 11.9 Å². The molecule has 2 rings (SSSR count). The predicted molar refractivity (Wildman–Crippen MR) is 95.2 cm³/mol. The van der Waals surface area contributed by atoms with Gasteiger partial charge < -0.3 is 15.0 Å². The smallest absolute Gasteiger partial charge is 0.410 e. The number of ether oxygens (including phenoxy) is 1. The SMILES string of the molecule is CC(C)(C)CC(=O)Nc1nc2c(s1)CN(C(=O)OC(C)(C)C)CC2. The van der Waals surface area contributed by atoms with Gasteiger partial charge in [0.1, 0.15) is 5.60 Å². The summed E-state index contributed by atoms with van der Waals surface area (Å²) in [6, 6.07) is 0. The molecule has 6 nitrogen and oxygen atoms in total. The molecule has 0 saturated heterocycles. The Kier molecular flexibility index (Phi) is 5.22. The highest BCUT2D eigenvalue weighted by Crippen LogP contribution is 2.29. The van der Waals surface area contributed by atoms with Crippen molar-refractivity contribution in [3.05, 3.63) is 10.6 Å². The van der Waals surface area contributed by atoms with E-state index in [1.807, 2.05) is 41.5 Å². The number of anilines is 1. The number of nitrogens with one attached hydrogen (secondary N) is 1. The highest BCUT2D eigenvalue weighted by atomic mass is 32.1. The van der Waals surface area contributed by atoms with Crippen molar-refractivity contribution in [1.29, 1.82) is 0 Å². The van der Waals surface area contributed by atoms with Gasteiger partial charge in [-0.25, -0.2) is 9.78 Å². The normalized spacial score (nSPS) is 15.0. The molecule has 1 N–H and O–H groups in total. The average molecular weight is 353 g/mol. The van der Waals surface area contributed by atoms with Crippen molar-refractivity contribution in [3.8, 4) is 0 Å². The third-order valence-electron chi connectivity index (χ3n) is 3.32. The minimum Gasteiger partial charge on any atom is -0.444 e. The van der Waals surface area contributed by atoms with E-state index in [1.54, 1.807) is 4.90 Å². The van der Waals surface area contributed by atoms with Crippen molar-refractivity contribution in [1.82, 2.24) is 9.88 Å². The van der Waals surface area contributed by atoms with Gasteiger partial charge >= 0.3 is 6.09 Å². The molecule has 0 aliphatic carbocycles. The van der Waals surface area contributed by atoms with Gasteiger partial charge in [0.15, 0.2) is 5.13 Å². The lowest BCUT2D eigenvalue weighted by Crippen LogP contribution is -2.39. The molecule has 24 heavy (non-hydrogen) atoms. The first-order chi connectivity index (χ1) is 10.9. The van der Waals surface area contributed by atoms with E-state index in [9.17, 15) is 9.59 Å². The van der Waals surface area contributed by atoms with Gasteiger partial charge in [-0.15, -0.1) is 0 Å². The number of amides is 2. The van der Waals surface area contributed by atoms with Crippen LogP contribution in [0.3, 0.4) is 0 Å². The second-order valence-electron chi connectivity index (χ2n) is 8.33. The Labute approximate surface area is 147 Å².